The van der Waals surface area contributed by atoms with E-state index >= 15 is 0 Å². The van der Waals surface area contributed by atoms with Gasteiger partial charge in [0.1, 0.15) is 18.1 Å². The highest BCUT2D eigenvalue weighted by atomic mass is 16.5. The second-order valence-electron chi connectivity index (χ2n) is 6.85. The SMILES string of the molecule is COCc1ccc(C(=O)N2CCC[C@H](CCc3ccc(OC)cc3)C2)o1. The van der Waals surface area contributed by atoms with Crippen LogP contribution >= 0.6 is 0 Å². The molecule has 1 atom stereocenters. The highest BCUT2D eigenvalue weighted by molar-refractivity contribution is 5.91. The van der Waals surface area contributed by atoms with E-state index in [0.29, 0.717) is 24.0 Å². The molecule has 5 heteroatoms. The number of ether oxygens (including phenoxy) is 2. The van der Waals surface area contributed by atoms with E-state index in [-0.39, 0.29) is 5.91 Å². The van der Waals surface area contributed by atoms with Gasteiger partial charge < -0.3 is 18.8 Å². The van der Waals surface area contributed by atoms with Crippen LogP contribution in [0.2, 0.25) is 0 Å². The first kappa shape index (κ1) is 18.5. The Kier molecular flexibility index (Phi) is 6.34. The van der Waals surface area contributed by atoms with E-state index in [1.54, 1.807) is 20.3 Å². The summed E-state index contributed by atoms with van der Waals surface area (Å²) in [5.41, 5.74) is 1.31. The molecule has 26 heavy (non-hydrogen) atoms. The van der Waals surface area contributed by atoms with Crippen LogP contribution in [0.15, 0.2) is 40.8 Å². The lowest BCUT2D eigenvalue weighted by Crippen LogP contribution is -2.39. The van der Waals surface area contributed by atoms with Gasteiger partial charge in [-0.1, -0.05) is 12.1 Å². The molecule has 1 aliphatic rings. The number of benzene rings is 1. The summed E-state index contributed by atoms with van der Waals surface area (Å²) in [7, 11) is 3.29. The van der Waals surface area contributed by atoms with Gasteiger partial charge in [0, 0.05) is 20.2 Å². The number of carbonyl (C=O) groups excluding carboxylic acids is 1. The van der Waals surface area contributed by atoms with E-state index in [9.17, 15) is 4.79 Å². The summed E-state index contributed by atoms with van der Waals surface area (Å²) in [4.78, 5) is 14.6. The Morgan fingerprint density at radius 3 is 2.73 bits per heavy atom. The molecule has 1 aliphatic heterocycles. The third-order valence-electron chi connectivity index (χ3n) is 4.97. The van der Waals surface area contributed by atoms with E-state index in [4.69, 9.17) is 13.9 Å². The fraction of sp³-hybridized carbons (Fsp3) is 0.476. The lowest BCUT2D eigenvalue weighted by molar-refractivity contribution is 0.0629. The Hall–Kier alpha value is -2.27. The number of rotatable bonds is 7. The van der Waals surface area contributed by atoms with Crippen molar-refractivity contribution in [3.05, 3.63) is 53.5 Å². The average molecular weight is 357 g/mol. The molecule has 0 unspecified atom stereocenters. The van der Waals surface area contributed by atoms with Crippen molar-refractivity contribution in [2.24, 2.45) is 5.92 Å². The highest BCUT2D eigenvalue weighted by Gasteiger charge is 2.26. The zero-order chi connectivity index (χ0) is 18.4. The van der Waals surface area contributed by atoms with Gasteiger partial charge in [0.05, 0.1) is 7.11 Å². The number of nitrogens with zero attached hydrogens (tertiary/aromatic N) is 1. The highest BCUT2D eigenvalue weighted by Crippen LogP contribution is 2.24. The van der Waals surface area contributed by atoms with Gasteiger partial charge in [-0.3, -0.25) is 4.79 Å². The Balaban J connectivity index is 1.53. The van der Waals surface area contributed by atoms with Crippen LogP contribution in [0.4, 0.5) is 0 Å². The quantitative estimate of drug-likeness (QED) is 0.754. The van der Waals surface area contributed by atoms with Gasteiger partial charge in [-0.2, -0.15) is 0 Å². The zero-order valence-corrected chi connectivity index (χ0v) is 15.6. The van der Waals surface area contributed by atoms with E-state index in [0.717, 1.165) is 38.1 Å². The van der Waals surface area contributed by atoms with Crippen LogP contribution in [0, 0.1) is 5.92 Å². The Labute approximate surface area is 154 Å². The Morgan fingerprint density at radius 2 is 2.00 bits per heavy atom. The molecule has 0 aliphatic carbocycles. The first-order valence-electron chi connectivity index (χ1n) is 9.19. The predicted molar refractivity (Wildman–Crippen MR) is 99.4 cm³/mol. The van der Waals surface area contributed by atoms with Gasteiger partial charge in [0.25, 0.3) is 5.91 Å². The van der Waals surface area contributed by atoms with Gasteiger partial charge in [-0.05, 0) is 61.4 Å². The van der Waals surface area contributed by atoms with Crippen molar-refractivity contribution >= 4 is 5.91 Å². The van der Waals surface area contributed by atoms with Gasteiger partial charge in [-0.15, -0.1) is 0 Å². The van der Waals surface area contributed by atoms with Crippen molar-refractivity contribution in [3.63, 3.8) is 0 Å². The number of hydrogen-bond acceptors (Lipinski definition) is 4. The molecule has 2 aromatic rings. The third-order valence-corrected chi connectivity index (χ3v) is 4.97. The molecule has 2 heterocycles. The summed E-state index contributed by atoms with van der Waals surface area (Å²) in [6.07, 6.45) is 4.33. The lowest BCUT2D eigenvalue weighted by Gasteiger charge is -2.32. The maximum atomic E-state index is 12.7. The molecule has 0 spiro atoms. The topological polar surface area (TPSA) is 51.9 Å². The van der Waals surface area contributed by atoms with Crippen molar-refractivity contribution in [1.82, 2.24) is 4.90 Å². The van der Waals surface area contributed by atoms with E-state index in [1.165, 1.54) is 12.0 Å². The minimum atomic E-state index is -0.0125. The van der Waals surface area contributed by atoms with E-state index in [2.05, 4.69) is 12.1 Å². The summed E-state index contributed by atoms with van der Waals surface area (Å²) in [6, 6.07) is 11.8. The van der Waals surface area contributed by atoms with Crippen LogP contribution in [-0.2, 0) is 17.8 Å². The number of furan rings is 1. The standard InChI is InChI=1S/C21H27NO4/c1-24-15-19-11-12-20(26-19)21(23)22-13-3-4-17(14-22)6-5-16-7-9-18(25-2)10-8-16/h7-12,17H,3-6,13-15H2,1-2H3/t17-/m1/s1. The number of methoxy groups -OCH3 is 2. The fourth-order valence-corrected chi connectivity index (χ4v) is 3.52. The number of carbonyl (C=O) groups is 1. The van der Waals surface area contributed by atoms with Crippen LogP contribution in [-0.4, -0.2) is 38.1 Å². The maximum absolute atomic E-state index is 12.7. The van der Waals surface area contributed by atoms with Crippen LogP contribution in [0.3, 0.4) is 0 Å². The van der Waals surface area contributed by atoms with E-state index in [1.807, 2.05) is 23.1 Å². The molecule has 1 saturated heterocycles. The number of aryl methyl sites for hydroxylation is 1. The predicted octanol–water partition coefficient (Wildman–Crippen LogP) is 3.92. The lowest BCUT2D eigenvalue weighted by atomic mass is 9.91. The third kappa shape index (κ3) is 4.67. The molecule has 0 N–H and O–H groups in total. The molecular formula is C21H27NO4. The average Bonchev–Trinajstić information content (AvgIpc) is 3.15. The maximum Gasteiger partial charge on any atom is 0.289 e. The van der Waals surface area contributed by atoms with Crippen molar-refractivity contribution < 1.29 is 18.7 Å². The summed E-state index contributed by atoms with van der Waals surface area (Å²) in [5.74, 6) is 2.50. The zero-order valence-electron chi connectivity index (χ0n) is 15.6. The van der Waals surface area contributed by atoms with Crippen LogP contribution in [0.25, 0.3) is 0 Å². The second-order valence-corrected chi connectivity index (χ2v) is 6.85. The van der Waals surface area contributed by atoms with Crippen LogP contribution < -0.4 is 4.74 Å². The molecule has 0 bridgehead atoms. The fourth-order valence-electron chi connectivity index (χ4n) is 3.52. The van der Waals surface area contributed by atoms with Gasteiger partial charge in [0.2, 0.25) is 0 Å². The molecule has 1 aromatic carbocycles. The monoisotopic (exact) mass is 357 g/mol. The summed E-state index contributed by atoms with van der Waals surface area (Å²) >= 11 is 0. The van der Waals surface area contributed by atoms with E-state index < -0.39 is 0 Å². The number of hydrogen-bond donors (Lipinski definition) is 0. The Morgan fingerprint density at radius 1 is 1.19 bits per heavy atom. The second kappa shape index (κ2) is 8.90. The van der Waals surface area contributed by atoms with Gasteiger partial charge >= 0.3 is 0 Å². The molecule has 5 nitrogen and oxygen atoms in total. The minimum absolute atomic E-state index is 0.0125. The van der Waals surface area contributed by atoms with Gasteiger partial charge in [-0.25, -0.2) is 0 Å². The summed E-state index contributed by atoms with van der Waals surface area (Å²) < 4.78 is 15.8. The molecule has 1 aromatic heterocycles. The van der Waals surface area contributed by atoms with Crippen molar-refractivity contribution in [1.29, 1.82) is 0 Å². The first-order valence-corrected chi connectivity index (χ1v) is 9.19. The van der Waals surface area contributed by atoms with Crippen molar-refractivity contribution in [2.45, 2.75) is 32.3 Å². The molecule has 0 radical (unpaired) electrons. The van der Waals surface area contributed by atoms with Crippen LogP contribution in [0.1, 0.15) is 41.1 Å². The van der Waals surface area contributed by atoms with Crippen LogP contribution in [0.5, 0.6) is 5.75 Å². The number of likely N-dealkylation sites (tertiary alicyclic amines) is 1. The molecule has 1 amide bonds. The molecule has 1 fully saturated rings. The number of piperidine rings is 1. The molecule has 3 rings (SSSR count). The van der Waals surface area contributed by atoms with Crippen molar-refractivity contribution in [3.8, 4) is 5.75 Å². The molecule has 0 saturated carbocycles. The summed E-state index contributed by atoms with van der Waals surface area (Å²) in [6.45, 7) is 1.99. The smallest absolute Gasteiger partial charge is 0.289 e. The first-order chi connectivity index (χ1) is 12.7. The molecule has 140 valence electrons. The van der Waals surface area contributed by atoms with Crippen molar-refractivity contribution in [2.75, 3.05) is 27.3 Å². The molecular weight excluding hydrogens is 330 g/mol. The normalized spacial score (nSPS) is 17.3. The largest absolute Gasteiger partial charge is 0.497 e. The Bertz CT molecular complexity index is 707. The minimum Gasteiger partial charge on any atom is -0.497 e. The number of amides is 1. The summed E-state index contributed by atoms with van der Waals surface area (Å²) in [5, 5.41) is 0. The van der Waals surface area contributed by atoms with Gasteiger partial charge in [0.15, 0.2) is 5.76 Å².